The Kier molecular flexibility index (Phi) is 10.9. The number of anilines is 2. The van der Waals surface area contributed by atoms with Gasteiger partial charge in [0.05, 0.1) is 28.5 Å². The molecular formula is C49H52ClN9O5. The van der Waals surface area contributed by atoms with E-state index in [1.54, 1.807) is 18.2 Å². The molecule has 15 heteroatoms. The molecule has 330 valence electrons. The van der Waals surface area contributed by atoms with Crippen molar-refractivity contribution in [1.82, 2.24) is 30.0 Å². The van der Waals surface area contributed by atoms with E-state index in [1.165, 1.54) is 12.8 Å². The van der Waals surface area contributed by atoms with Gasteiger partial charge in [-0.1, -0.05) is 37.6 Å². The Morgan fingerprint density at radius 2 is 1.52 bits per heavy atom. The Morgan fingerprint density at radius 3 is 2.23 bits per heavy atom. The highest BCUT2D eigenvalue weighted by Gasteiger charge is 2.47. The maximum atomic E-state index is 13.3. The number of carbonyl (C=O) groups excluding carboxylic acids is 4. The van der Waals surface area contributed by atoms with Gasteiger partial charge in [-0.15, -0.1) is 0 Å². The molecule has 0 radical (unpaired) electrons. The number of amides is 4. The first-order valence-electron chi connectivity index (χ1n) is 22.5. The lowest BCUT2D eigenvalue weighted by Crippen LogP contribution is -2.70. The number of nitrogens with zero attached hydrogens (tertiary/aromatic N) is 8. The van der Waals surface area contributed by atoms with E-state index in [-0.39, 0.29) is 24.2 Å². The van der Waals surface area contributed by atoms with Crippen molar-refractivity contribution >= 4 is 46.9 Å². The zero-order valence-corrected chi connectivity index (χ0v) is 37.0. The molecule has 6 aliphatic rings. The van der Waals surface area contributed by atoms with E-state index >= 15 is 0 Å². The minimum atomic E-state index is -0.960. The Labute approximate surface area is 378 Å². The van der Waals surface area contributed by atoms with E-state index < -0.39 is 23.8 Å². The lowest BCUT2D eigenvalue weighted by molar-refractivity contribution is -0.136. The van der Waals surface area contributed by atoms with Crippen molar-refractivity contribution in [3.05, 3.63) is 111 Å². The summed E-state index contributed by atoms with van der Waals surface area (Å²) in [5, 5.41) is 12.2. The minimum absolute atomic E-state index is 0.101. The van der Waals surface area contributed by atoms with E-state index in [9.17, 15) is 24.4 Å². The highest BCUT2D eigenvalue weighted by Crippen LogP contribution is 2.43. The number of halogens is 1. The van der Waals surface area contributed by atoms with Crippen molar-refractivity contribution in [3.63, 3.8) is 0 Å². The zero-order valence-electron chi connectivity index (χ0n) is 36.3. The summed E-state index contributed by atoms with van der Waals surface area (Å²) in [6, 6.07) is 23.1. The Balaban J connectivity index is 0.655. The van der Waals surface area contributed by atoms with Crippen molar-refractivity contribution in [2.45, 2.75) is 82.5 Å². The zero-order chi connectivity index (χ0) is 44.3. The molecule has 6 aliphatic heterocycles. The lowest BCUT2D eigenvalue weighted by atomic mass is 9.71. The monoisotopic (exact) mass is 881 g/mol. The van der Waals surface area contributed by atoms with E-state index in [1.807, 2.05) is 42.6 Å². The highest BCUT2D eigenvalue weighted by molar-refractivity contribution is 6.30. The molecular weight excluding hydrogens is 830 g/mol. The standard InChI is InChI=1S/C49H52ClN9O5/c1-48(2,33-21-31(25-51)22-34(50)23-33)32-3-6-39(7-4-32)64-30-35-11-16-52-47(53-35)56-19-14-49(15-20-56)12-17-55(18-13-49)37-26-58(27-37)38-28-57(29-38)36-5-8-40-41(24-36)46(63)59(45(40)62)42-9-10-43(60)54-44(42)61/h3-8,11,16,21-24,37-38,42H,9-10,12-15,17-20,26-30H2,1-2H3,(H,54,60,61). The average Bonchev–Trinajstić information content (AvgIpc) is 3.51. The topological polar surface area (TPSA) is 155 Å². The number of nitriles is 1. The number of aromatic nitrogens is 2. The number of nitrogens with one attached hydrogen (secondary N) is 1. The van der Waals surface area contributed by atoms with Gasteiger partial charge in [0.2, 0.25) is 17.8 Å². The Morgan fingerprint density at radius 1 is 0.812 bits per heavy atom. The van der Waals surface area contributed by atoms with Crippen LogP contribution in [0.1, 0.15) is 95.5 Å². The van der Waals surface area contributed by atoms with Crippen LogP contribution in [0.25, 0.3) is 0 Å². The summed E-state index contributed by atoms with van der Waals surface area (Å²) in [4.78, 5) is 71.0. The Hall–Kier alpha value is -5.88. The maximum Gasteiger partial charge on any atom is 0.262 e. The van der Waals surface area contributed by atoms with Crippen molar-refractivity contribution in [2.24, 2.45) is 5.41 Å². The SMILES string of the molecule is CC(C)(c1ccc(OCc2ccnc(N3CCC4(CC3)CCN(C3CN(C5CN(c6ccc7c(c6)C(=O)N(C6CCC(=O)NC6=O)C7=O)C5)C3)CC4)n2)cc1)c1cc(Cl)cc(C#N)c1. The summed E-state index contributed by atoms with van der Waals surface area (Å²) in [6.07, 6.45) is 6.81. The van der Waals surface area contributed by atoms with Crippen molar-refractivity contribution in [1.29, 1.82) is 5.26 Å². The second-order valence-corrected chi connectivity index (χ2v) is 19.4. The van der Waals surface area contributed by atoms with Gasteiger partial charge in [0.15, 0.2) is 0 Å². The fraction of sp³-hybridized carbons (Fsp3) is 0.449. The van der Waals surface area contributed by atoms with Crippen LogP contribution in [-0.4, -0.2) is 119 Å². The van der Waals surface area contributed by atoms with Crippen LogP contribution in [0, 0.1) is 16.7 Å². The first-order valence-corrected chi connectivity index (χ1v) is 22.8. The van der Waals surface area contributed by atoms with Crippen LogP contribution in [0.2, 0.25) is 5.02 Å². The van der Waals surface area contributed by atoms with Gasteiger partial charge in [0, 0.05) is 80.1 Å². The number of fused-ring (bicyclic) bond motifs is 1. The van der Waals surface area contributed by atoms with Crippen LogP contribution in [-0.2, 0) is 21.6 Å². The number of imide groups is 2. The van der Waals surface area contributed by atoms with Crippen molar-refractivity contribution in [3.8, 4) is 11.8 Å². The quantitative estimate of drug-likeness (QED) is 0.198. The van der Waals surface area contributed by atoms with Gasteiger partial charge in [-0.25, -0.2) is 9.97 Å². The normalized spacial score (nSPS) is 22.0. The third-order valence-electron chi connectivity index (χ3n) is 15.0. The molecule has 1 N–H and O–H groups in total. The van der Waals surface area contributed by atoms with Gasteiger partial charge in [-0.05, 0) is 116 Å². The third kappa shape index (κ3) is 7.88. The molecule has 0 saturated carbocycles. The first-order chi connectivity index (χ1) is 30.9. The number of hydrogen-bond donors (Lipinski definition) is 1. The van der Waals surface area contributed by atoms with E-state index in [2.05, 4.69) is 61.9 Å². The molecule has 1 spiro atoms. The average molecular weight is 882 g/mol. The van der Waals surface area contributed by atoms with Gasteiger partial charge in [-0.2, -0.15) is 5.26 Å². The fourth-order valence-electron chi connectivity index (χ4n) is 10.5. The highest BCUT2D eigenvalue weighted by atomic mass is 35.5. The summed E-state index contributed by atoms with van der Waals surface area (Å²) < 4.78 is 6.17. The van der Waals surface area contributed by atoms with Gasteiger partial charge in [-0.3, -0.25) is 39.2 Å². The van der Waals surface area contributed by atoms with Crippen LogP contribution >= 0.6 is 11.6 Å². The van der Waals surface area contributed by atoms with Crippen LogP contribution in [0.5, 0.6) is 5.75 Å². The molecule has 1 aromatic heterocycles. The molecule has 5 saturated heterocycles. The minimum Gasteiger partial charge on any atom is -0.487 e. The molecule has 64 heavy (non-hydrogen) atoms. The number of carbonyl (C=O) groups is 4. The number of ether oxygens (including phenoxy) is 1. The van der Waals surface area contributed by atoms with Crippen molar-refractivity contribution in [2.75, 3.05) is 62.2 Å². The number of benzene rings is 3. The summed E-state index contributed by atoms with van der Waals surface area (Å²) in [6.45, 7) is 12.7. The van der Waals surface area contributed by atoms with Crippen LogP contribution < -0.4 is 19.9 Å². The van der Waals surface area contributed by atoms with E-state index in [4.69, 9.17) is 21.3 Å². The summed E-state index contributed by atoms with van der Waals surface area (Å²) in [5.74, 6) is -0.399. The third-order valence-corrected chi connectivity index (χ3v) is 15.2. The predicted molar refractivity (Wildman–Crippen MR) is 240 cm³/mol. The van der Waals surface area contributed by atoms with Gasteiger partial charge in [0.25, 0.3) is 11.8 Å². The van der Waals surface area contributed by atoms with Crippen molar-refractivity contribution < 1.29 is 23.9 Å². The van der Waals surface area contributed by atoms with Crippen LogP contribution in [0.3, 0.4) is 0 Å². The maximum absolute atomic E-state index is 13.3. The summed E-state index contributed by atoms with van der Waals surface area (Å²) in [7, 11) is 0. The van der Waals surface area contributed by atoms with Crippen LogP contribution in [0.4, 0.5) is 11.6 Å². The second-order valence-electron chi connectivity index (χ2n) is 19.0. The molecule has 0 aliphatic carbocycles. The first kappa shape index (κ1) is 42.1. The van der Waals surface area contributed by atoms with Gasteiger partial charge < -0.3 is 14.5 Å². The molecule has 1 atom stereocenters. The molecule has 14 nitrogen and oxygen atoms in total. The predicted octanol–water partition coefficient (Wildman–Crippen LogP) is 5.56. The summed E-state index contributed by atoms with van der Waals surface area (Å²) >= 11 is 6.32. The molecule has 4 amide bonds. The van der Waals surface area contributed by atoms with Gasteiger partial charge in [0.1, 0.15) is 18.4 Å². The number of piperidine rings is 3. The molecule has 3 aromatic carbocycles. The van der Waals surface area contributed by atoms with E-state index in [0.717, 1.165) is 104 Å². The second kappa shape index (κ2) is 16.6. The van der Waals surface area contributed by atoms with Gasteiger partial charge >= 0.3 is 0 Å². The van der Waals surface area contributed by atoms with E-state index in [0.29, 0.717) is 45.8 Å². The number of likely N-dealkylation sites (tertiary alicyclic amines) is 2. The molecule has 4 aromatic rings. The molecule has 1 unspecified atom stereocenters. The molecule has 0 bridgehead atoms. The number of hydrogen-bond acceptors (Lipinski definition) is 12. The fourth-order valence-corrected chi connectivity index (χ4v) is 10.8. The molecule has 10 rings (SSSR count). The largest absolute Gasteiger partial charge is 0.487 e. The molecule has 5 fully saturated rings. The van der Waals surface area contributed by atoms with Crippen LogP contribution in [0.15, 0.2) is 72.9 Å². The Bertz CT molecular complexity index is 2550. The summed E-state index contributed by atoms with van der Waals surface area (Å²) in [5.41, 5.74) is 5.03. The molecule has 7 heterocycles. The number of rotatable bonds is 10. The smallest absolute Gasteiger partial charge is 0.262 e. The lowest BCUT2D eigenvalue weighted by Gasteiger charge is -2.56.